The molecule has 0 aliphatic heterocycles. The highest BCUT2D eigenvalue weighted by Gasteiger charge is 2.15. The van der Waals surface area contributed by atoms with Crippen LogP contribution in [0.5, 0.6) is 11.5 Å². The Morgan fingerprint density at radius 2 is 1.84 bits per heavy atom. The molecule has 19 heavy (non-hydrogen) atoms. The molecule has 0 aliphatic rings. The van der Waals surface area contributed by atoms with Crippen LogP contribution in [0.2, 0.25) is 0 Å². The number of hydrogen-bond donors (Lipinski definition) is 2. The van der Waals surface area contributed by atoms with Gasteiger partial charge in [-0.05, 0) is 31.0 Å². The first-order valence-electron chi connectivity index (χ1n) is 5.71. The van der Waals surface area contributed by atoms with Crippen molar-refractivity contribution >= 4 is 11.8 Å². The molecule has 1 rings (SSSR count). The Hall–Kier alpha value is -2.24. The number of carbonyl (C=O) groups is 2. The fourth-order valence-electron chi connectivity index (χ4n) is 1.82. The van der Waals surface area contributed by atoms with Crippen LogP contribution in [0.3, 0.4) is 0 Å². The lowest BCUT2D eigenvalue weighted by molar-refractivity contribution is -0.137. The zero-order chi connectivity index (χ0) is 14.6. The number of carbonyl (C=O) groups excluding carboxylic acids is 2. The zero-order valence-corrected chi connectivity index (χ0v) is 11.5. The van der Waals surface area contributed by atoms with Gasteiger partial charge in [-0.2, -0.15) is 0 Å². The maximum Gasteiger partial charge on any atom is 0.309 e. The van der Waals surface area contributed by atoms with E-state index in [1.807, 2.05) is 13.8 Å². The first-order valence-corrected chi connectivity index (χ1v) is 5.71. The number of benzene rings is 1. The highest BCUT2D eigenvalue weighted by Crippen LogP contribution is 2.33. The molecule has 0 spiro atoms. The first kappa shape index (κ1) is 14.8. The highest BCUT2D eigenvalue weighted by molar-refractivity contribution is 6.34. The minimum Gasteiger partial charge on any atom is -0.496 e. The van der Waals surface area contributed by atoms with Gasteiger partial charge in [0.05, 0.1) is 14.2 Å². The summed E-state index contributed by atoms with van der Waals surface area (Å²) in [5.41, 5.74) is 7.48. The van der Waals surface area contributed by atoms with E-state index < -0.39 is 11.8 Å². The molecule has 1 aromatic carbocycles. The second-order valence-corrected chi connectivity index (χ2v) is 4.07. The lowest BCUT2D eigenvalue weighted by Crippen LogP contribution is -2.35. The van der Waals surface area contributed by atoms with Gasteiger partial charge in [0.1, 0.15) is 11.5 Å². The highest BCUT2D eigenvalue weighted by atomic mass is 16.5. The Morgan fingerprint density at radius 3 is 2.32 bits per heavy atom. The third-order valence-corrected chi connectivity index (χ3v) is 2.96. The fourth-order valence-corrected chi connectivity index (χ4v) is 1.82. The molecule has 2 amide bonds. The summed E-state index contributed by atoms with van der Waals surface area (Å²) in [5, 5.41) is 2.42. The second kappa shape index (κ2) is 6.08. The molecule has 0 bridgehead atoms. The molecule has 0 unspecified atom stereocenters. The largest absolute Gasteiger partial charge is 0.496 e. The number of methoxy groups -OCH3 is 2. The van der Waals surface area contributed by atoms with Gasteiger partial charge in [0.25, 0.3) is 0 Å². The predicted octanol–water partition coefficient (Wildman–Crippen LogP) is 0.422. The van der Waals surface area contributed by atoms with Crippen molar-refractivity contribution in [1.29, 1.82) is 0 Å². The van der Waals surface area contributed by atoms with Crippen molar-refractivity contribution in [2.24, 2.45) is 5.73 Å². The summed E-state index contributed by atoms with van der Waals surface area (Å²) in [6.07, 6.45) is 0. The van der Waals surface area contributed by atoms with Crippen LogP contribution in [0, 0.1) is 13.8 Å². The van der Waals surface area contributed by atoms with Crippen molar-refractivity contribution in [3.8, 4) is 11.5 Å². The van der Waals surface area contributed by atoms with Gasteiger partial charge in [0.15, 0.2) is 0 Å². The molecule has 0 atom stereocenters. The van der Waals surface area contributed by atoms with Gasteiger partial charge in [0.2, 0.25) is 0 Å². The number of amides is 2. The summed E-state index contributed by atoms with van der Waals surface area (Å²) in [6, 6.07) is 1.77. The van der Waals surface area contributed by atoms with E-state index in [1.165, 1.54) is 0 Å². The van der Waals surface area contributed by atoms with Gasteiger partial charge in [-0.25, -0.2) is 0 Å². The smallest absolute Gasteiger partial charge is 0.309 e. The van der Waals surface area contributed by atoms with Gasteiger partial charge in [-0.1, -0.05) is 0 Å². The summed E-state index contributed by atoms with van der Waals surface area (Å²) in [5.74, 6) is -0.501. The number of nitrogens with one attached hydrogen (secondary N) is 1. The Bertz CT molecular complexity index is 512. The normalized spacial score (nSPS) is 9.89. The Balaban J connectivity index is 3.08. The summed E-state index contributed by atoms with van der Waals surface area (Å²) in [6.45, 7) is 3.96. The maximum atomic E-state index is 11.2. The number of rotatable bonds is 4. The molecule has 0 fully saturated rings. The van der Waals surface area contributed by atoms with Crippen LogP contribution in [0.1, 0.15) is 16.7 Å². The molecule has 0 saturated carbocycles. The van der Waals surface area contributed by atoms with Crippen molar-refractivity contribution in [3.05, 3.63) is 22.8 Å². The molecule has 104 valence electrons. The number of primary amides is 1. The number of ether oxygens (including phenoxy) is 2. The van der Waals surface area contributed by atoms with E-state index in [4.69, 9.17) is 15.2 Å². The van der Waals surface area contributed by atoms with Crippen LogP contribution >= 0.6 is 0 Å². The fraction of sp³-hybridized carbons (Fsp3) is 0.385. The van der Waals surface area contributed by atoms with Crippen LogP contribution in [-0.2, 0) is 16.1 Å². The molecule has 0 aliphatic carbocycles. The van der Waals surface area contributed by atoms with E-state index in [9.17, 15) is 9.59 Å². The number of hydrogen-bond acceptors (Lipinski definition) is 4. The molecule has 3 N–H and O–H groups in total. The van der Waals surface area contributed by atoms with Gasteiger partial charge in [-0.3, -0.25) is 9.59 Å². The standard InChI is InChI=1S/C13H18N2O4/c1-7-8(2)11(19-4)9(5-10(7)18-3)6-15-13(17)12(14)16/h5H,6H2,1-4H3,(H2,14,16)(H,15,17). The van der Waals surface area contributed by atoms with Crippen molar-refractivity contribution in [2.45, 2.75) is 20.4 Å². The van der Waals surface area contributed by atoms with Crippen LogP contribution in [0.15, 0.2) is 6.07 Å². The van der Waals surface area contributed by atoms with Crippen molar-refractivity contribution in [2.75, 3.05) is 14.2 Å². The molecule has 0 heterocycles. The van der Waals surface area contributed by atoms with Gasteiger partial charge in [-0.15, -0.1) is 0 Å². The summed E-state index contributed by atoms with van der Waals surface area (Å²) >= 11 is 0. The summed E-state index contributed by atoms with van der Waals surface area (Å²) in [4.78, 5) is 21.8. The average Bonchev–Trinajstić information content (AvgIpc) is 2.39. The molecule has 0 radical (unpaired) electrons. The van der Waals surface area contributed by atoms with Gasteiger partial charge >= 0.3 is 11.8 Å². The van der Waals surface area contributed by atoms with Crippen LogP contribution in [-0.4, -0.2) is 26.0 Å². The van der Waals surface area contributed by atoms with Crippen LogP contribution < -0.4 is 20.5 Å². The van der Waals surface area contributed by atoms with Crippen LogP contribution in [0.25, 0.3) is 0 Å². The van der Waals surface area contributed by atoms with E-state index >= 15 is 0 Å². The Morgan fingerprint density at radius 1 is 1.21 bits per heavy atom. The quantitative estimate of drug-likeness (QED) is 0.773. The van der Waals surface area contributed by atoms with Crippen molar-refractivity contribution in [1.82, 2.24) is 5.32 Å². The lowest BCUT2D eigenvalue weighted by Gasteiger charge is -2.16. The molecule has 1 aromatic rings. The SMILES string of the molecule is COc1cc(CNC(=O)C(N)=O)c(OC)c(C)c1C. The minimum absolute atomic E-state index is 0.141. The topological polar surface area (TPSA) is 90.6 Å². The molecule has 6 heteroatoms. The van der Waals surface area contributed by atoms with Gasteiger partial charge in [0, 0.05) is 12.1 Å². The van der Waals surface area contributed by atoms with E-state index in [2.05, 4.69) is 5.32 Å². The molecule has 6 nitrogen and oxygen atoms in total. The Kier molecular flexibility index (Phi) is 4.74. The van der Waals surface area contributed by atoms with Crippen LogP contribution in [0.4, 0.5) is 0 Å². The van der Waals surface area contributed by atoms with Crippen molar-refractivity contribution in [3.63, 3.8) is 0 Å². The van der Waals surface area contributed by atoms with E-state index in [0.29, 0.717) is 11.5 Å². The maximum absolute atomic E-state index is 11.2. The monoisotopic (exact) mass is 266 g/mol. The molecular weight excluding hydrogens is 248 g/mol. The Labute approximate surface area is 111 Å². The predicted molar refractivity (Wildman–Crippen MR) is 70.1 cm³/mol. The van der Waals surface area contributed by atoms with E-state index in [0.717, 1.165) is 16.7 Å². The summed E-state index contributed by atoms with van der Waals surface area (Å²) in [7, 11) is 3.12. The minimum atomic E-state index is -1.02. The number of nitrogens with two attached hydrogens (primary N) is 1. The van der Waals surface area contributed by atoms with Gasteiger partial charge < -0.3 is 20.5 Å². The lowest BCUT2D eigenvalue weighted by atomic mass is 10.0. The second-order valence-electron chi connectivity index (χ2n) is 4.07. The third-order valence-electron chi connectivity index (χ3n) is 2.96. The zero-order valence-electron chi connectivity index (χ0n) is 11.5. The molecule has 0 saturated heterocycles. The molecule has 0 aromatic heterocycles. The van der Waals surface area contributed by atoms with Crippen molar-refractivity contribution < 1.29 is 19.1 Å². The molecular formula is C13H18N2O4. The van der Waals surface area contributed by atoms with E-state index in [1.54, 1.807) is 20.3 Å². The third kappa shape index (κ3) is 3.15. The first-order chi connectivity index (χ1) is 8.92. The van der Waals surface area contributed by atoms with E-state index in [-0.39, 0.29) is 6.54 Å². The average molecular weight is 266 g/mol. The summed E-state index contributed by atoms with van der Waals surface area (Å²) < 4.78 is 10.6.